The van der Waals surface area contributed by atoms with Crippen LogP contribution in [0.4, 0.5) is 5.69 Å². The highest BCUT2D eigenvalue weighted by Gasteiger charge is 2.02. The molecule has 0 atom stereocenters. The van der Waals surface area contributed by atoms with Crippen LogP contribution < -0.4 is 5.32 Å². The van der Waals surface area contributed by atoms with Crippen LogP contribution in [0.2, 0.25) is 5.02 Å². The molecule has 94 valence electrons. The highest BCUT2D eigenvalue weighted by molar-refractivity contribution is 6.33. The zero-order valence-corrected chi connectivity index (χ0v) is 11.8. The van der Waals surface area contributed by atoms with E-state index in [1.807, 2.05) is 12.1 Å². The number of benzene rings is 2. The van der Waals surface area contributed by atoms with E-state index in [1.54, 1.807) is 0 Å². The van der Waals surface area contributed by atoms with Gasteiger partial charge in [-0.2, -0.15) is 0 Å². The van der Waals surface area contributed by atoms with Crippen LogP contribution in [-0.4, -0.2) is 0 Å². The third-order valence-electron chi connectivity index (χ3n) is 3.09. The molecule has 2 heteroatoms. The van der Waals surface area contributed by atoms with Crippen LogP contribution in [-0.2, 0) is 6.54 Å². The Hall–Kier alpha value is -1.47. The van der Waals surface area contributed by atoms with Crippen LogP contribution in [0.5, 0.6) is 0 Å². The molecule has 0 aliphatic carbocycles. The van der Waals surface area contributed by atoms with Crippen molar-refractivity contribution in [3.05, 3.63) is 63.7 Å². The van der Waals surface area contributed by atoms with Crippen LogP contribution >= 0.6 is 11.6 Å². The Labute approximate surface area is 114 Å². The van der Waals surface area contributed by atoms with Crippen molar-refractivity contribution in [3.63, 3.8) is 0 Å². The molecule has 2 aromatic rings. The number of anilines is 1. The SMILES string of the molecule is Cc1ccc(CNc2cc(C)ccc2Cl)c(C)c1. The predicted molar refractivity (Wildman–Crippen MR) is 79.4 cm³/mol. The van der Waals surface area contributed by atoms with E-state index in [1.165, 1.54) is 22.3 Å². The van der Waals surface area contributed by atoms with Crippen molar-refractivity contribution in [1.82, 2.24) is 0 Å². The molecular formula is C16H18ClN. The molecule has 2 rings (SSSR count). The molecule has 0 aliphatic heterocycles. The lowest BCUT2D eigenvalue weighted by Gasteiger charge is -2.11. The predicted octanol–water partition coefficient (Wildman–Crippen LogP) is 4.88. The summed E-state index contributed by atoms with van der Waals surface area (Å²) in [7, 11) is 0. The summed E-state index contributed by atoms with van der Waals surface area (Å²) in [5.41, 5.74) is 6.12. The Balaban J connectivity index is 2.13. The fourth-order valence-electron chi connectivity index (χ4n) is 2.01. The minimum atomic E-state index is 0.769. The second-order valence-corrected chi connectivity index (χ2v) is 5.17. The van der Waals surface area contributed by atoms with E-state index < -0.39 is 0 Å². The van der Waals surface area contributed by atoms with E-state index in [-0.39, 0.29) is 0 Å². The van der Waals surface area contributed by atoms with Crippen LogP contribution in [0, 0.1) is 20.8 Å². The lowest BCUT2D eigenvalue weighted by molar-refractivity contribution is 1.11. The molecule has 0 aromatic heterocycles. The smallest absolute Gasteiger partial charge is 0.0637 e. The minimum absolute atomic E-state index is 0.769. The monoisotopic (exact) mass is 259 g/mol. The topological polar surface area (TPSA) is 12.0 Å². The van der Waals surface area contributed by atoms with Crippen molar-refractivity contribution >= 4 is 17.3 Å². The van der Waals surface area contributed by atoms with Crippen LogP contribution in [0.1, 0.15) is 22.3 Å². The van der Waals surface area contributed by atoms with E-state index >= 15 is 0 Å². The summed E-state index contributed by atoms with van der Waals surface area (Å²) in [6, 6.07) is 12.5. The number of halogens is 1. The molecule has 0 heterocycles. The minimum Gasteiger partial charge on any atom is -0.380 e. The first-order valence-electron chi connectivity index (χ1n) is 6.12. The standard InChI is InChI=1S/C16H18ClN/c1-11-4-6-14(13(3)8-11)10-18-16-9-12(2)5-7-15(16)17/h4-9,18H,10H2,1-3H3. The summed E-state index contributed by atoms with van der Waals surface area (Å²) in [4.78, 5) is 0. The normalized spacial score (nSPS) is 10.4. The van der Waals surface area contributed by atoms with Gasteiger partial charge in [-0.25, -0.2) is 0 Å². The second-order valence-electron chi connectivity index (χ2n) is 4.77. The maximum atomic E-state index is 6.16. The summed E-state index contributed by atoms with van der Waals surface area (Å²) >= 11 is 6.16. The third kappa shape index (κ3) is 3.05. The Morgan fingerprint density at radius 2 is 1.61 bits per heavy atom. The molecule has 0 amide bonds. The number of nitrogens with one attached hydrogen (secondary N) is 1. The van der Waals surface area contributed by atoms with Crippen LogP contribution in [0.15, 0.2) is 36.4 Å². The molecule has 0 bridgehead atoms. The van der Waals surface area contributed by atoms with Gasteiger partial charge in [0.2, 0.25) is 0 Å². The highest BCUT2D eigenvalue weighted by Crippen LogP contribution is 2.23. The molecule has 0 fully saturated rings. The average molecular weight is 260 g/mol. The summed E-state index contributed by atoms with van der Waals surface area (Å²) in [6.07, 6.45) is 0. The molecule has 0 aliphatic rings. The van der Waals surface area contributed by atoms with Gasteiger partial charge in [0.25, 0.3) is 0 Å². The van der Waals surface area contributed by atoms with Crippen molar-refractivity contribution < 1.29 is 0 Å². The van der Waals surface area contributed by atoms with Gasteiger partial charge in [0, 0.05) is 6.54 Å². The summed E-state index contributed by atoms with van der Waals surface area (Å²) in [5, 5.41) is 4.17. The van der Waals surface area contributed by atoms with E-state index in [0.29, 0.717) is 0 Å². The fraction of sp³-hybridized carbons (Fsp3) is 0.250. The van der Waals surface area contributed by atoms with Gasteiger partial charge in [-0.3, -0.25) is 0 Å². The highest BCUT2D eigenvalue weighted by atomic mass is 35.5. The fourth-order valence-corrected chi connectivity index (χ4v) is 2.19. The molecule has 1 N–H and O–H groups in total. The summed E-state index contributed by atoms with van der Waals surface area (Å²) < 4.78 is 0. The second kappa shape index (κ2) is 5.45. The van der Waals surface area contributed by atoms with Gasteiger partial charge in [-0.1, -0.05) is 41.4 Å². The molecule has 1 nitrogen and oxygen atoms in total. The van der Waals surface area contributed by atoms with Crippen molar-refractivity contribution in [1.29, 1.82) is 0 Å². The van der Waals surface area contributed by atoms with Gasteiger partial charge in [0.15, 0.2) is 0 Å². The van der Waals surface area contributed by atoms with Crippen molar-refractivity contribution in [2.24, 2.45) is 0 Å². The number of rotatable bonds is 3. The molecule has 0 saturated heterocycles. The first kappa shape index (κ1) is 13.0. The number of hydrogen-bond donors (Lipinski definition) is 1. The number of aryl methyl sites for hydroxylation is 3. The molecule has 0 unspecified atom stereocenters. The number of hydrogen-bond acceptors (Lipinski definition) is 1. The van der Waals surface area contributed by atoms with Gasteiger partial charge in [-0.05, 0) is 49.6 Å². The van der Waals surface area contributed by atoms with Crippen molar-refractivity contribution in [2.75, 3.05) is 5.32 Å². The lowest BCUT2D eigenvalue weighted by atomic mass is 10.1. The quantitative estimate of drug-likeness (QED) is 0.829. The molecule has 0 spiro atoms. The Kier molecular flexibility index (Phi) is 3.93. The average Bonchev–Trinajstić information content (AvgIpc) is 2.32. The lowest BCUT2D eigenvalue weighted by Crippen LogP contribution is -2.02. The summed E-state index contributed by atoms with van der Waals surface area (Å²) in [6.45, 7) is 7.12. The van der Waals surface area contributed by atoms with E-state index in [2.05, 4.69) is 50.4 Å². The largest absolute Gasteiger partial charge is 0.380 e. The first-order valence-corrected chi connectivity index (χ1v) is 6.50. The van der Waals surface area contributed by atoms with E-state index in [9.17, 15) is 0 Å². The van der Waals surface area contributed by atoms with Crippen molar-refractivity contribution in [3.8, 4) is 0 Å². The zero-order chi connectivity index (χ0) is 13.1. The van der Waals surface area contributed by atoms with Gasteiger partial charge < -0.3 is 5.32 Å². The van der Waals surface area contributed by atoms with E-state index in [0.717, 1.165) is 17.3 Å². The third-order valence-corrected chi connectivity index (χ3v) is 3.42. The Morgan fingerprint density at radius 3 is 2.33 bits per heavy atom. The van der Waals surface area contributed by atoms with Crippen molar-refractivity contribution in [2.45, 2.75) is 27.3 Å². The Morgan fingerprint density at radius 1 is 0.944 bits per heavy atom. The van der Waals surface area contributed by atoms with E-state index in [4.69, 9.17) is 11.6 Å². The van der Waals surface area contributed by atoms with Gasteiger partial charge in [0.05, 0.1) is 10.7 Å². The Bertz CT molecular complexity index is 561. The van der Waals surface area contributed by atoms with Gasteiger partial charge >= 0.3 is 0 Å². The van der Waals surface area contributed by atoms with Gasteiger partial charge in [-0.15, -0.1) is 0 Å². The summed E-state index contributed by atoms with van der Waals surface area (Å²) in [5.74, 6) is 0. The zero-order valence-electron chi connectivity index (χ0n) is 11.0. The van der Waals surface area contributed by atoms with Crippen LogP contribution in [0.25, 0.3) is 0 Å². The molecule has 0 saturated carbocycles. The molecule has 2 aromatic carbocycles. The van der Waals surface area contributed by atoms with Crippen LogP contribution in [0.3, 0.4) is 0 Å². The maximum absolute atomic E-state index is 6.16. The maximum Gasteiger partial charge on any atom is 0.0637 e. The molecule has 18 heavy (non-hydrogen) atoms. The van der Waals surface area contributed by atoms with Gasteiger partial charge in [0.1, 0.15) is 0 Å². The molecular weight excluding hydrogens is 242 g/mol. The molecule has 0 radical (unpaired) electrons. The first-order chi connectivity index (χ1) is 8.56.